The molecule has 2 N–H and O–H groups in total. The molecule has 1 aromatic carbocycles. The Balaban J connectivity index is 3.38. The number of rotatable bonds is 5. The zero-order valence-electron chi connectivity index (χ0n) is 10.7. The quantitative estimate of drug-likeness (QED) is 0.623. The highest BCUT2D eigenvalue weighted by atomic mass is 16.2. The number of hydrogen-bond acceptors (Lipinski definition) is 3. The van der Waals surface area contributed by atoms with Crippen LogP contribution in [0.1, 0.15) is 40.9 Å². The highest BCUT2D eigenvalue weighted by Gasteiger charge is 2.20. The molecule has 17 heavy (non-hydrogen) atoms. The first kappa shape index (κ1) is 13.6. The van der Waals surface area contributed by atoms with Crippen LogP contribution in [0, 0.1) is 6.92 Å². The van der Waals surface area contributed by atoms with Crippen LogP contribution in [0.15, 0.2) is 12.1 Å². The third-order valence-electron chi connectivity index (χ3n) is 2.87. The molecular formula is C14H19NO2. The van der Waals surface area contributed by atoms with Crippen LogP contribution in [-0.2, 0) is 17.6 Å². The van der Waals surface area contributed by atoms with Gasteiger partial charge in [-0.05, 0) is 30.9 Å². The Kier molecular flexibility index (Phi) is 4.58. The summed E-state index contributed by atoms with van der Waals surface area (Å²) in [6, 6.07) is 3.94. The van der Waals surface area contributed by atoms with Gasteiger partial charge in [0.15, 0.2) is 0 Å². The van der Waals surface area contributed by atoms with Crippen LogP contribution < -0.4 is 5.73 Å². The van der Waals surface area contributed by atoms with Crippen molar-refractivity contribution in [3.05, 3.63) is 34.4 Å². The molecule has 92 valence electrons. The molecule has 0 radical (unpaired) electrons. The minimum Gasteiger partial charge on any atom is -0.324 e. The number of nitrogens with two attached hydrogens (primary N) is 1. The lowest BCUT2D eigenvalue weighted by molar-refractivity contribution is -0.113. The first-order valence-corrected chi connectivity index (χ1v) is 5.95. The van der Waals surface area contributed by atoms with E-state index in [2.05, 4.69) is 0 Å². The number of benzene rings is 1. The second-order valence-corrected chi connectivity index (χ2v) is 4.12. The zero-order chi connectivity index (χ0) is 13.0. The van der Waals surface area contributed by atoms with Crippen LogP contribution in [0.4, 0.5) is 0 Å². The number of ketones is 2. The molecule has 0 aromatic heterocycles. The van der Waals surface area contributed by atoms with Gasteiger partial charge in [-0.25, -0.2) is 0 Å². The molecule has 0 saturated carbocycles. The second kappa shape index (κ2) is 5.73. The fourth-order valence-corrected chi connectivity index (χ4v) is 2.02. The number of aryl methyl sites for hydroxylation is 3. The van der Waals surface area contributed by atoms with Crippen molar-refractivity contribution < 1.29 is 9.59 Å². The monoisotopic (exact) mass is 233 g/mol. The Morgan fingerprint density at radius 3 is 1.94 bits per heavy atom. The van der Waals surface area contributed by atoms with Gasteiger partial charge in [-0.1, -0.05) is 31.5 Å². The van der Waals surface area contributed by atoms with Gasteiger partial charge in [0, 0.05) is 5.56 Å². The third kappa shape index (κ3) is 2.80. The number of carbonyl (C=O) groups is 2. The molecule has 3 nitrogen and oxygen atoms in total. The van der Waals surface area contributed by atoms with Crippen molar-refractivity contribution in [2.75, 3.05) is 6.54 Å². The Bertz CT molecular complexity index is 425. The number of hydrogen-bond donors (Lipinski definition) is 1. The Hall–Kier alpha value is -1.48. The average molecular weight is 233 g/mol. The second-order valence-electron chi connectivity index (χ2n) is 4.12. The van der Waals surface area contributed by atoms with E-state index in [0.29, 0.717) is 5.56 Å². The maximum atomic E-state index is 12.0. The molecule has 0 bridgehead atoms. The van der Waals surface area contributed by atoms with Gasteiger partial charge in [-0.2, -0.15) is 0 Å². The molecule has 0 unspecified atom stereocenters. The van der Waals surface area contributed by atoms with E-state index in [1.165, 1.54) is 0 Å². The van der Waals surface area contributed by atoms with Crippen LogP contribution in [-0.4, -0.2) is 18.1 Å². The summed E-state index contributed by atoms with van der Waals surface area (Å²) in [6.07, 6.45) is 1.49. The fourth-order valence-electron chi connectivity index (χ4n) is 2.02. The molecule has 0 saturated heterocycles. The van der Waals surface area contributed by atoms with Gasteiger partial charge in [-0.15, -0.1) is 0 Å². The summed E-state index contributed by atoms with van der Waals surface area (Å²) in [5, 5.41) is 0. The van der Waals surface area contributed by atoms with Gasteiger partial charge in [0.1, 0.15) is 0 Å². The molecule has 0 atom stereocenters. The topological polar surface area (TPSA) is 60.2 Å². The van der Waals surface area contributed by atoms with E-state index in [0.717, 1.165) is 29.5 Å². The summed E-state index contributed by atoms with van der Waals surface area (Å²) in [4.78, 5) is 23.5. The summed E-state index contributed by atoms with van der Waals surface area (Å²) in [5.41, 5.74) is 8.82. The summed E-state index contributed by atoms with van der Waals surface area (Å²) >= 11 is 0. The van der Waals surface area contributed by atoms with Crippen molar-refractivity contribution in [2.24, 2.45) is 5.73 Å². The predicted molar refractivity (Wildman–Crippen MR) is 68.3 cm³/mol. The van der Waals surface area contributed by atoms with E-state index in [1.807, 2.05) is 32.9 Å². The smallest absolute Gasteiger partial charge is 0.230 e. The average Bonchev–Trinajstić information content (AvgIpc) is 2.35. The molecule has 0 aliphatic rings. The lowest BCUT2D eigenvalue weighted by Crippen LogP contribution is -2.25. The van der Waals surface area contributed by atoms with Crippen molar-refractivity contribution in [3.63, 3.8) is 0 Å². The van der Waals surface area contributed by atoms with E-state index in [4.69, 9.17) is 5.73 Å². The van der Waals surface area contributed by atoms with Crippen molar-refractivity contribution >= 4 is 11.6 Å². The van der Waals surface area contributed by atoms with Crippen LogP contribution in [0.2, 0.25) is 0 Å². The van der Waals surface area contributed by atoms with Crippen LogP contribution in [0.5, 0.6) is 0 Å². The molecule has 0 spiro atoms. The van der Waals surface area contributed by atoms with Crippen LogP contribution in [0.25, 0.3) is 0 Å². The number of carbonyl (C=O) groups excluding carboxylic acids is 2. The van der Waals surface area contributed by atoms with Crippen molar-refractivity contribution in [1.82, 2.24) is 0 Å². The predicted octanol–water partition coefficient (Wildman–Crippen LogP) is 1.83. The highest BCUT2D eigenvalue weighted by molar-refractivity contribution is 6.45. The highest BCUT2D eigenvalue weighted by Crippen LogP contribution is 2.20. The molecule has 0 aliphatic heterocycles. The molecule has 1 rings (SSSR count). The molecule has 0 fully saturated rings. The summed E-state index contributed by atoms with van der Waals surface area (Å²) in [5.74, 6) is -0.959. The molecule has 0 amide bonds. The number of Topliss-reactive ketones (excluding diaryl/α,β-unsaturated/α-hetero) is 2. The minimum atomic E-state index is -0.516. The van der Waals surface area contributed by atoms with Gasteiger partial charge < -0.3 is 5.73 Å². The largest absolute Gasteiger partial charge is 0.324 e. The Morgan fingerprint density at radius 2 is 1.59 bits per heavy atom. The van der Waals surface area contributed by atoms with Gasteiger partial charge in [-0.3, -0.25) is 9.59 Å². The van der Waals surface area contributed by atoms with Gasteiger partial charge >= 0.3 is 0 Å². The molecule has 0 aliphatic carbocycles. The normalized spacial score (nSPS) is 10.4. The minimum absolute atomic E-state index is 0.223. The fraction of sp³-hybridized carbons (Fsp3) is 0.429. The van der Waals surface area contributed by atoms with Gasteiger partial charge in [0.2, 0.25) is 11.6 Å². The zero-order valence-corrected chi connectivity index (χ0v) is 10.7. The molecule has 0 heterocycles. The first-order chi connectivity index (χ1) is 8.04. The van der Waals surface area contributed by atoms with E-state index in [1.54, 1.807) is 0 Å². The third-order valence-corrected chi connectivity index (χ3v) is 2.87. The molecule has 1 aromatic rings. The Labute approximate surface area is 102 Å². The lowest BCUT2D eigenvalue weighted by atomic mass is 9.91. The maximum absolute atomic E-state index is 12.0. The van der Waals surface area contributed by atoms with Crippen LogP contribution >= 0.6 is 0 Å². The standard InChI is InChI=1S/C14H19NO2/c1-4-10-6-9(3)7-11(5-2)13(10)14(17)12(16)8-15/h6-7H,4-5,8,15H2,1-3H3. The van der Waals surface area contributed by atoms with Crippen molar-refractivity contribution in [2.45, 2.75) is 33.6 Å². The van der Waals surface area contributed by atoms with Crippen molar-refractivity contribution in [1.29, 1.82) is 0 Å². The summed E-state index contributed by atoms with van der Waals surface area (Å²) < 4.78 is 0. The Morgan fingerprint density at radius 1 is 1.12 bits per heavy atom. The summed E-state index contributed by atoms with van der Waals surface area (Å²) in [6.45, 7) is 5.74. The SMILES string of the molecule is CCc1cc(C)cc(CC)c1C(=O)C(=O)CN. The molecule has 3 heteroatoms. The summed E-state index contributed by atoms with van der Waals surface area (Å²) in [7, 11) is 0. The van der Waals surface area contributed by atoms with Gasteiger partial charge in [0.05, 0.1) is 6.54 Å². The first-order valence-electron chi connectivity index (χ1n) is 5.95. The van der Waals surface area contributed by atoms with Crippen LogP contribution in [0.3, 0.4) is 0 Å². The van der Waals surface area contributed by atoms with E-state index >= 15 is 0 Å². The lowest BCUT2D eigenvalue weighted by Gasteiger charge is -2.12. The van der Waals surface area contributed by atoms with E-state index in [-0.39, 0.29) is 6.54 Å². The van der Waals surface area contributed by atoms with E-state index in [9.17, 15) is 9.59 Å². The molecular weight excluding hydrogens is 214 g/mol. The van der Waals surface area contributed by atoms with E-state index < -0.39 is 11.6 Å². The maximum Gasteiger partial charge on any atom is 0.230 e. The van der Waals surface area contributed by atoms with Crippen molar-refractivity contribution in [3.8, 4) is 0 Å². The van der Waals surface area contributed by atoms with Gasteiger partial charge in [0.25, 0.3) is 0 Å².